The Kier molecular flexibility index (Phi) is 5.59. The molecule has 0 atom stereocenters. The number of carbonyl (C=O) groups excluding carboxylic acids is 1. The predicted octanol–water partition coefficient (Wildman–Crippen LogP) is 4.15. The number of aromatic nitrogens is 1. The lowest BCUT2D eigenvalue weighted by atomic mass is 10.2. The lowest BCUT2D eigenvalue weighted by molar-refractivity contribution is -0.116. The molecule has 0 aliphatic carbocycles. The van der Waals surface area contributed by atoms with Gasteiger partial charge in [-0.25, -0.2) is 4.98 Å². The largest absolute Gasteiger partial charge is 0.497 e. The summed E-state index contributed by atoms with van der Waals surface area (Å²) >= 11 is 1.57. The molecule has 0 spiro atoms. The maximum atomic E-state index is 12.0. The smallest absolute Gasteiger partial charge is 0.244 e. The Bertz CT molecular complexity index is 872. The number of methoxy groups -OCH3 is 1. The van der Waals surface area contributed by atoms with Crippen LogP contribution in [-0.4, -0.2) is 18.0 Å². The van der Waals surface area contributed by atoms with Gasteiger partial charge in [-0.2, -0.15) is 0 Å². The fourth-order valence-corrected chi connectivity index (χ4v) is 3.08. The van der Waals surface area contributed by atoms with Crippen molar-refractivity contribution in [3.8, 4) is 16.3 Å². The summed E-state index contributed by atoms with van der Waals surface area (Å²) in [5.74, 6) is 0.607. The highest BCUT2D eigenvalue weighted by Crippen LogP contribution is 2.23. The normalized spacial score (nSPS) is 10.8. The Labute approximate surface area is 150 Å². The van der Waals surface area contributed by atoms with E-state index < -0.39 is 0 Å². The van der Waals surface area contributed by atoms with Crippen LogP contribution in [0.15, 0.2) is 66.1 Å². The van der Waals surface area contributed by atoms with Crippen LogP contribution in [0.1, 0.15) is 11.3 Å². The van der Waals surface area contributed by atoms with Gasteiger partial charge in [0.15, 0.2) is 0 Å². The third-order valence-corrected chi connectivity index (χ3v) is 4.48. The van der Waals surface area contributed by atoms with Crippen molar-refractivity contribution in [2.45, 2.75) is 6.54 Å². The summed E-state index contributed by atoms with van der Waals surface area (Å²) in [7, 11) is 1.62. The molecule has 0 fully saturated rings. The number of nitrogens with one attached hydrogen (secondary N) is 1. The number of hydrogen-bond donors (Lipinski definition) is 1. The highest BCUT2D eigenvalue weighted by atomic mass is 32.1. The average Bonchev–Trinajstić information content (AvgIpc) is 3.15. The van der Waals surface area contributed by atoms with Gasteiger partial charge in [-0.15, -0.1) is 11.3 Å². The van der Waals surface area contributed by atoms with Crippen LogP contribution in [0.3, 0.4) is 0 Å². The van der Waals surface area contributed by atoms with Crippen molar-refractivity contribution < 1.29 is 9.53 Å². The van der Waals surface area contributed by atoms with Crippen molar-refractivity contribution in [2.75, 3.05) is 7.11 Å². The van der Waals surface area contributed by atoms with E-state index in [-0.39, 0.29) is 5.91 Å². The molecular formula is C20H18N2O2S. The van der Waals surface area contributed by atoms with Crippen LogP contribution in [0.2, 0.25) is 0 Å². The molecule has 1 N–H and O–H groups in total. The Morgan fingerprint density at radius 3 is 2.84 bits per heavy atom. The standard InChI is InChI=1S/C20H18N2O2S/c1-24-18-9-5-6-15(12-18)10-11-19(23)21-13-17-14-25-20(22-17)16-7-3-2-4-8-16/h2-12,14H,13H2,1H3,(H,21,23). The minimum atomic E-state index is -0.155. The van der Waals surface area contributed by atoms with E-state index in [1.54, 1.807) is 24.5 Å². The third-order valence-electron chi connectivity index (χ3n) is 3.54. The number of benzene rings is 2. The van der Waals surface area contributed by atoms with Crippen LogP contribution in [0.4, 0.5) is 0 Å². The molecule has 1 heterocycles. The van der Waals surface area contributed by atoms with Gasteiger partial charge in [0.05, 0.1) is 19.3 Å². The van der Waals surface area contributed by atoms with E-state index in [0.29, 0.717) is 6.54 Å². The fraction of sp³-hybridized carbons (Fsp3) is 0.100. The minimum Gasteiger partial charge on any atom is -0.497 e. The first-order valence-corrected chi connectivity index (χ1v) is 8.72. The zero-order chi connectivity index (χ0) is 17.5. The lowest BCUT2D eigenvalue weighted by Crippen LogP contribution is -2.20. The molecule has 5 heteroatoms. The molecule has 0 saturated carbocycles. The molecule has 3 rings (SSSR count). The van der Waals surface area contributed by atoms with E-state index in [0.717, 1.165) is 27.6 Å². The number of carbonyl (C=O) groups is 1. The molecular weight excluding hydrogens is 332 g/mol. The van der Waals surface area contributed by atoms with E-state index in [9.17, 15) is 4.79 Å². The Hall–Kier alpha value is -2.92. The first-order chi connectivity index (χ1) is 12.2. The summed E-state index contributed by atoms with van der Waals surface area (Å²) in [6, 6.07) is 17.5. The van der Waals surface area contributed by atoms with Gasteiger partial charge in [0.25, 0.3) is 0 Å². The number of ether oxygens (including phenoxy) is 1. The lowest BCUT2D eigenvalue weighted by Gasteiger charge is -2.01. The fourth-order valence-electron chi connectivity index (χ4n) is 2.26. The van der Waals surface area contributed by atoms with Crippen molar-refractivity contribution >= 4 is 23.3 Å². The topological polar surface area (TPSA) is 51.2 Å². The number of nitrogens with zero attached hydrogens (tertiary/aromatic N) is 1. The molecule has 1 amide bonds. The molecule has 0 radical (unpaired) electrons. The van der Waals surface area contributed by atoms with Crippen LogP contribution in [0, 0.1) is 0 Å². The summed E-state index contributed by atoms with van der Waals surface area (Å²) in [5.41, 5.74) is 2.85. The number of amides is 1. The molecule has 25 heavy (non-hydrogen) atoms. The van der Waals surface area contributed by atoms with Crippen molar-refractivity contribution in [1.29, 1.82) is 0 Å². The van der Waals surface area contributed by atoms with Gasteiger partial charge < -0.3 is 10.1 Å². The van der Waals surface area contributed by atoms with Crippen molar-refractivity contribution in [3.05, 3.63) is 77.3 Å². The highest BCUT2D eigenvalue weighted by molar-refractivity contribution is 7.13. The zero-order valence-corrected chi connectivity index (χ0v) is 14.6. The summed E-state index contributed by atoms with van der Waals surface area (Å²) in [4.78, 5) is 16.5. The third kappa shape index (κ3) is 4.78. The van der Waals surface area contributed by atoms with Gasteiger partial charge in [-0.1, -0.05) is 42.5 Å². The number of rotatable bonds is 6. The van der Waals surface area contributed by atoms with Gasteiger partial charge in [0, 0.05) is 17.0 Å². The second kappa shape index (κ2) is 8.26. The van der Waals surface area contributed by atoms with E-state index >= 15 is 0 Å². The van der Waals surface area contributed by atoms with Crippen molar-refractivity contribution in [1.82, 2.24) is 10.3 Å². The minimum absolute atomic E-state index is 0.155. The number of thiazole rings is 1. The summed E-state index contributed by atoms with van der Waals surface area (Å²) < 4.78 is 5.16. The summed E-state index contributed by atoms with van der Waals surface area (Å²) in [5, 5.41) is 5.77. The van der Waals surface area contributed by atoms with Gasteiger partial charge in [-0.3, -0.25) is 4.79 Å². The zero-order valence-electron chi connectivity index (χ0n) is 13.8. The van der Waals surface area contributed by atoms with E-state index in [4.69, 9.17) is 4.74 Å². The molecule has 0 aliphatic heterocycles. The monoisotopic (exact) mass is 350 g/mol. The maximum absolute atomic E-state index is 12.0. The van der Waals surface area contributed by atoms with Gasteiger partial charge >= 0.3 is 0 Å². The van der Waals surface area contributed by atoms with Gasteiger partial charge in [0.2, 0.25) is 5.91 Å². The summed E-state index contributed by atoms with van der Waals surface area (Å²) in [6.07, 6.45) is 3.27. The molecule has 1 aromatic heterocycles. The predicted molar refractivity (Wildman–Crippen MR) is 101 cm³/mol. The molecule has 0 bridgehead atoms. The van der Waals surface area contributed by atoms with Crippen LogP contribution in [-0.2, 0) is 11.3 Å². The molecule has 0 unspecified atom stereocenters. The molecule has 3 aromatic rings. The number of hydrogen-bond acceptors (Lipinski definition) is 4. The average molecular weight is 350 g/mol. The maximum Gasteiger partial charge on any atom is 0.244 e. The second-order valence-electron chi connectivity index (χ2n) is 5.34. The first-order valence-electron chi connectivity index (χ1n) is 7.84. The van der Waals surface area contributed by atoms with Gasteiger partial charge in [0.1, 0.15) is 10.8 Å². The molecule has 0 aliphatic rings. The van der Waals surface area contributed by atoms with Crippen molar-refractivity contribution in [3.63, 3.8) is 0 Å². The quantitative estimate of drug-likeness (QED) is 0.680. The Morgan fingerprint density at radius 2 is 2.04 bits per heavy atom. The SMILES string of the molecule is COc1cccc(C=CC(=O)NCc2csc(-c3ccccc3)n2)c1. The first kappa shape index (κ1) is 16.9. The van der Waals surface area contributed by atoms with E-state index in [1.807, 2.05) is 60.0 Å². The molecule has 4 nitrogen and oxygen atoms in total. The Balaban J connectivity index is 1.55. The van der Waals surface area contributed by atoms with Gasteiger partial charge in [-0.05, 0) is 23.8 Å². The van der Waals surface area contributed by atoms with Crippen molar-refractivity contribution in [2.24, 2.45) is 0 Å². The van der Waals surface area contributed by atoms with E-state index in [1.165, 1.54) is 6.08 Å². The molecule has 126 valence electrons. The van der Waals surface area contributed by atoms with E-state index in [2.05, 4.69) is 10.3 Å². The highest BCUT2D eigenvalue weighted by Gasteiger charge is 2.05. The van der Waals surface area contributed by atoms with Crippen LogP contribution < -0.4 is 10.1 Å². The van der Waals surface area contributed by atoms with Crippen LogP contribution in [0.5, 0.6) is 5.75 Å². The summed E-state index contributed by atoms with van der Waals surface area (Å²) in [6.45, 7) is 0.407. The van der Waals surface area contributed by atoms with Crippen LogP contribution >= 0.6 is 11.3 Å². The van der Waals surface area contributed by atoms with Crippen LogP contribution in [0.25, 0.3) is 16.6 Å². The second-order valence-corrected chi connectivity index (χ2v) is 6.20. The Morgan fingerprint density at radius 1 is 1.20 bits per heavy atom. The molecule has 0 saturated heterocycles. The molecule has 2 aromatic carbocycles.